The summed E-state index contributed by atoms with van der Waals surface area (Å²) in [5.41, 5.74) is 6.55. The summed E-state index contributed by atoms with van der Waals surface area (Å²) in [6.45, 7) is 3.56. The Hall–Kier alpha value is -1.56. The number of amides is 1. The van der Waals surface area contributed by atoms with Crippen molar-refractivity contribution in [1.29, 1.82) is 0 Å². The van der Waals surface area contributed by atoms with Crippen LogP contribution in [0.3, 0.4) is 0 Å². The smallest absolute Gasteiger partial charge is 0.325 e. The molecule has 0 unspecified atom stereocenters. The highest BCUT2D eigenvalue weighted by atomic mass is 79.9. The quantitative estimate of drug-likeness (QED) is 0.678. The van der Waals surface area contributed by atoms with Gasteiger partial charge in [0.05, 0.1) is 12.7 Å². The average molecular weight is 329 g/mol. The van der Waals surface area contributed by atoms with E-state index in [1.165, 1.54) is 12.0 Å². The Balaban J connectivity index is 3.05. The number of nitrogens with zero attached hydrogens (tertiary/aromatic N) is 1. The van der Waals surface area contributed by atoms with Gasteiger partial charge in [0, 0.05) is 16.2 Å². The van der Waals surface area contributed by atoms with Gasteiger partial charge in [-0.2, -0.15) is 0 Å². The van der Waals surface area contributed by atoms with Crippen LogP contribution in [0.1, 0.15) is 24.2 Å². The molecule has 104 valence electrons. The fourth-order valence-electron chi connectivity index (χ4n) is 1.56. The highest BCUT2D eigenvalue weighted by Gasteiger charge is 2.23. The molecular weight excluding hydrogens is 312 g/mol. The zero-order valence-electron chi connectivity index (χ0n) is 11.1. The average Bonchev–Trinajstić information content (AvgIpc) is 2.37. The molecule has 0 aliphatic rings. The predicted octanol–water partition coefficient (Wildman–Crippen LogP) is 2.05. The lowest BCUT2D eigenvalue weighted by Gasteiger charge is -2.26. The molecule has 0 bridgehead atoms. The van der Waals surface area contributed by atoms with E-state index in [0.717, 1.165) is 4.47 Å². The van der Waals surface area contributed by atoms with Crippen LogP contribution < -0.4 is 5.73 Å². The van der Waals surface area contributed by atoms with Crippen LogP contribution in [0, 0.1) is 0 Å². The van der Waals surface area contributed by atoms with E-state index in [1.54, 1.807) is 18.2 Å². The van der Waals surface area contributed by atoms with Crippen LogP contribution in [0.15, 0.2) is 22.7 Å². The molecule has 0 aliphatic carbocycles. The topological polar surface area (TPSA) is 72.6 Å². The molecular formula is C13H17BrN2O3. The summed E-state index contributed by atoms with van der Waals surface area (Å²) in [6, 6.07) is 4.91. The fraction of sp³-hybridized carbons (Fsp3) is 0.385. The standard InChI is InChI=1S/C13H17BrN2O3/c1-8(2)16(7-12(17)19-3)13(18)10-6-9(14)4-5-11(10)15/h4-6,8H,7,15H2,1-3H3. The molecule has 6 heteroatoms. The first-order valence-corrected chi connectivity index (χ1v) is 6.59. The van der Waals surface area contributed by atoms with Crippen molar-refractivity contribution in [3.8, 4) is 0 Å². The van der Waals surface area contributed by atoms with Gasteiger partial charge in [-0.3, -0.25) is 9.59 Å². The lowest BCUT2D eigenvalue weighted by Crippen LogP contribution is -2.41. The Labute approximate surface area is 120 Å². The summed E-state index contributed by atoms with van der Waals surface area (Å²) >= 11 is 3.30. The molecule has 0 spiro atoms. The van der Waals surface area contributed by atoms with Gasteiger partial charge in [-0.25, -0.2) is 0 Å². The molecule has 0 saturated carbocycles. The number of benzene rings is 1. The number of rotatable bonds is 4. The normalized spacial score (nSPS) is 10.4. The minimum atomic E-state index is -0.462. The number of carbonyl (C=O) groups is 2. The van der Waals surface area contributed by atoms with E-state index in [2.05, 4.69) is 20.7 Å². The summed E-state index contributed by atoms with van der Waals surface area (Å²) in [7, 11) is 1.29. The van der Waals surface area contributed by atoms with Gasteiger partial charge in [0.1, 0.15) is 6.54 Å². The second-order valence-electron chi connectivity index (χ2n) is 4.33. The molecule has 1 aromatic carbocycles. The number of esters is 1. The number of nitrogen functional groups attached to an aromatic ring is 1. The van der Waals surface area contributed by atoms with Gasteiger partial charge in [0.15, 0.2) is 0 Å². The van der Waals surface area contributed by atoms with E-state index in [1.807, 2.05) is 13.8 Å². The Morgan fingerprint density at radius 3 is 2.58 bits per heavy atom. The van der Waals surface area contributed by atoms with Crippen LogP contribution >= 0.6 is 15.9 Å². The summed E-state index contributed by atoms with van der Waals surface area (Å²) in [4.78, 5) is 25.2. The molecule has 0 atom stereocenters. The van der Waals surface area contributed by atoms with Crippen molar-refractivity contribution >= 4 is 33.5 Å². The van der Waals surface area contributed by atoms with E-state index in [-0.39, 0.29) is 18.5 Å². The minimum Gasteiger partial charge on any atom is -0.468 e. The molecule has 0 fully saturated rings. The lowest BCUT2D eigenvalue weighted by molar-refractivity contribution is -0.141. The van der Waals surface area contributed by atoms with E-state index < -0.39 is 5.97 Å². The molecule has 0 aliphatic heterocycles. The third kappa shape index (κ3) is 3.96. The number of anilines is 1. The van der Waals surface area contributed by atoms with Crippen LogP contribution in [0.2, 0.25) is 0 Å². The van der Waals surface area contributed by atoms with Crippen molar-refractivity contribution in [1.82, 2.24) is 4.90 Å². The molecule has 5 nitrogen and oxygen atoms in total. The minimum absolute atomic E-state index is 0.0983. The Kier molecular flexibility index (Phi) is 5.35. The van der Waals surface area contributed by atoms with Crippen molar-refractivity contribution in [2.24, 2.45) is 0 Å². The van der Waals surface area contributed by atoms with Gasteiger partial charge in [-0.1, -0.05) is 15.9 Å². The number of hydrogen-bond acceptors (Lipinski definition) is 4. The first-order chi connectivity index (χ1) is 8.86. The summed E-state index contributed by atoms with van der Waals surface area (Å²) in [6.07, 6.45) is 0. The van der Waals surface area contributed by atoms with E-state index in [4.69, 9.17) is 5.73 Å². The highest BCUT2D eigenvalue weighted by Crippen LogP contribution is 2.21. The van der Waals surface area contributed by atoms with E-state index in [0.29, 0.717) is 11.3 Å². The SMILES string of the molecule is COC(=O)CN(C(=O)c1cc(Br)ccc1N)C(C)C. The van der Waals surface area contributed by atoms with Crippen LogP contribution in [0.4, 0.5) is 5.69 Å². The van der Waals surface area contributed by atoms with Crippen LogP contribution in [0.25, 0.3) is 0 Å². The van der Waals surface area contributed by atoms with Gasteiger partial charge in [-0.05, 0) is 32.0 Å². The Morgan fingerprint density at radius 1 is 1.42 bits per heavy atom. The highest BCUT2D eigenvalue weighted by molar-refractivity contribution is 9.10. The van der Waals surface area contributed by atoms with Crippen molar-refractivity contribution in [3.05, 3.63) is 28.2 Å². The maximum absolute atomic E-state index is 12.4. The first-order valence-electron chi connectivity index (χ1n) is 5.79. The fourth-order valence-corrected chi connectivity index (χ4v) is 1.92. The molecule has 19 heavy (non-hydrogen) atoms. The van der Waals surface area contributed by atoms with Crippen molar-refractivity contribution in [3.63, 3.8) is 0 Å². The summed E-state index contributed by atoms with van der Waals surface area (Å²) in [5, 5.41) is 0. The molecule has 2 N–H and O–H groups in total. The van der Waals surface area contributed by atoms with Gasteiger partial charge < -0.3 is 15.4 Å². The van der Waals surface area contributed by atoms with Crippen molar-refractivity contribution in [2.45, 2.75) is 19.9 Å². The number of hydrogen-bond donors (Lipinski definition) is 1. The van der Waals surface area contributed by atoms with Gasteiger partial charge >= 0.3 is 5.97 Å². The van der Waals surface area contributed by atoms with Gasteiger partial charge in [0.2, 0.25) is 0 Å². The summed E-state index contributed by atoms with van der Waals surface area (Å²) in [5.74, 6) is -0.755. The summed E-state index contributed by atoms with van der Waals surface area (Å²) < 4.78 is 5.35. The third-order valence-electron chi connectivity index (χ3n) is 2.66. The number of halogens is 1. The number of carbonyl (C=O) groups excluding carboxylic acids is 2. The first kappa shape index (κ1) is 15.5. The van der Waals surface area contributed by atoms with Crippen molar-refractivity contribution in [2.75, 3.05) is 19.4 Å². The second kappa shape index (κ2) is 6.56. The van der Waals surface area contributed by atoms with Gasteiger partial charge in [0.25, 0.3) is 5.91 Å². The number of methoxy groups -OCH3 is 1. The Morgan fingerprint density at radius 2 is 2.05 bits per heavy atom. The zero-order valence-corrected chi connectivity index (χ0v) is 12.7. The molecule has 1 rings (SSSR count). The molecule has 0 saturated heterocycles. The second-order valence-corrected chi connectivity index (χ2v) is 5.25. The monoisotopic (exact) mass is 328 g/mol. The lowest BCUT2D eigenvalue weighted by atomic mass is 10.1. The molecule has 1 aromatic rings. The zero-order chi connectivity index (χ0) is 14.6. The van der Waals surface area contributed by atoms with E-state index in [9.17, 15) is 9.59 Å². The van der Waals surface area contributed by atoms with Crippen LogP contribution in [0.5, 0.6) is 0 Å². The van der Waals surface area contributed by atoms with Crippen LogP contribution in [-0.2, 0) is 9.53 Å². The number of nitrogens with two attached hydrogens (primary N) is 1. The molecule has 0 radical (unpaired) electrons. The largest absolute Gasteiger partial charge is 0.468 e. The molecule has 1 amide bonds. The number of ether oxygens (including phenoxy) is 1. The maximum atomic E-state index is 12.4. The Bertz CT molecular complexity index is 489. The predicted molar refractivity (Wildman–Crippen MR) is 76.7 cm³/mol. The van der Waals surface area contributed by atoms with E-state index >= 15 is 0 Å². The molecule has 0 aromatic heterocycles. The van der Waals surface area contributed by atoms with Crippen LogP contribution in [-0.4, -0.2) is 36.5 Å². The maximum Gasteiger partial charge on any atom is 0.325 e. The third-order valence-corrected chi connectivity index (χ3v) is 3.15. The molecule has 0 heterocycles. The van der Waals surface area contributed by atoms with Crippen molar-refractivity contribution < 1.29 is 14.3 Å². The van der Waals surface area contributed by atoms with Gasteiger partial charge in [-0.15, -0.1) is 0 Å².